The number of thiazole rings is 1. The second kappa shape index (κ2) is 13.0. The van der Waals surface area contributed by atoms with Gasteiger partial charge in [0.05, 0.1) is 5.69 Å². The molecule has 0 aliphatic carbocycles. The lowest BCUT2D eigenvalue weighted by molar-refractivity contribution is 0.489. The molecule has 0 saturated carbocycles. The Bertz CT molecular complexity index is 1720. The van der Waals surface area contributed by atoms with Crippen molar-refractivity contribution in [2.24, 2.45) is 0 Å². The largest absolute Gasteiger partial charge is 0.543 e. The van der Waals surface area contributed by atoms with E-state index in [0.29, 0.717) is 0 Å². The first-order chi connectivity index (χ1) is 20.8. The zero-order valence-corrected chi connectivity index (χ0v) is 29.6. The number of hydrogen-bond acceptors (Lipinski definition) is 4. The van der Waals surface area contributed by atoms with Gasteiger partial charge in [-0.25, -0.2) is 9.37 Å². The zero-order chi connectivity index (χ0) is 31.6. The van der Waals surface area contributed by atoms with E-state index in [0.717, 1.165) is 39.6 Å². The van der Waals surface area contributed by atoms with Crippen molar-refractivity contribution in [2.45, 2.75) is 76.2 Å². The van der Waals surface area contributed by atoms with Crippen LogP contribution in [0.5, 0.6) is 5.75 Å². The molecule has 0 fully saturated rings. The summed E-state index contributed by atoms with van der Waals surface area (Å²) in [6.45, 7) is 17.8. The van der Waals surface area contributed by atoms with Gasteiger partial charge in [-0.1, -0.05) is 87.0 Å². The maximum absolute atomic E-state index is 13.5. The Labute approximate surface area is 271 Å². The van der Waals surface area contributed by atoms with Gasteiger partial charge >= 0.3 is 0 Å². The fourth-order valence-electron chi connectivity index (χ4n) is 4.81. The van der Waals surface area contributed by atoms with Crippen molar-refractivity contribution in [3.63, 3.8) is 0 Å². The van der Waals surface area contributed by atoms with Gasteiger partial charge in [-0.2, -0.15) is 0 Å². The summed E-state index contributed by atoms with van der Waals surface area (Å²) in [6, 6.07) is 30.6. The molecule has 0 N–H and O–H groups in total. The van der Waals surface area contributed by atoms with E-state index in [2.05, 4.69) is 121 Å². The molecule has 1 unspecified atom stereocenters. The second-order valence-corrected chi connectivity index (χ2v) is 20.2. The van der Waals surface area contributed by atoms with E-state index in [1.54, 1.807) is 11.3 Å². The summed E-state index contributed by atoms with van der Waals surface area (Å²) in [4.78, 5) is 7.55. The van der Waals surface area contributed by atoms with E-state index in [1.807, 2.05) is 23.9 Å². The SMILES string of the molecule is Cc1ccc(-c2nc(C)c(C(Cc3ccc(-c4ccc(F)cc4)cc3)Sc3ccc(O[Si](C)(C)C(C)(C)C)c(C)c3)s2)cc1. The van der Waals surface area contributed by atoms with Gasteiger partial charge in [-0.15, -0.1) is 23.1 Å². The Morgan fingerprint density at radius 3 is 2.00 bits per heavy atom. The average Bonchev–Trinajstić information content (AvgIpc) is 3.36. The van der Waals surface area contributed by atoms with Crippen LogP contribution in [0.3, 0.4) is 0 Å². The summed E-state index contributed by atoms with van der Waals surface area (Å²) in [6.07, 6.45) is 0.867. The van der Waals surface area contributed by atoms with Crippen molar-refractivity contribution in [3.05, 3.63) is 124 Å². The summed E-state index contributed by atoms with van der Waals surface area (Å²) in [5.74, 6) is 0.773. The Morgan fingerprint density at radius 1 is 0.818 bits per heavy atom. The average molecular weight is 640 g/mol. The smallest absolute Gasteiger partial charge is 0.250 e. The van der Waals surface area contributed by atoms with Crippen molar-refractivity contribution in [1.82, 2.24) is 4.98 Å². The molecule has 1 atom stereocenters. The van der Waals surface area contributed by atoms with E-state index in [1.165, 1.54) is 38.6 Å². The quantitative estimate of drug-likeness (QED) is 0.118. The normalized spacial score (nSPS) is 12.8. The number of aryl methyl sites for hydroxylation is 3. The molecule has 0 spiro atoms. The summed E-state index contributed by atoms with van der Waals surface area (Å²) >= 11 is 3.69. The van der Waals surface area contributed by atoms with Gasteiger partial charge in [0.2, 0.25) is 8.32 Å². The van der Waals surface area contributed by atoms with E-state index in [-0.39, 0.29) is 16.1 Å². The summed E-state index contributed by atoms with van der Waals surface area (Å²) in [5, 5.41) is 1.39. The van der Waals surface area contributed by atoms with E-state index in [9.17, 15) is 4.39 Å². The first-order valence-electron chi connectivity index (χ1n) is 15.1. The molecular formula is C38H42FNOS2Si. The highest BCUT2D eigenvalue weighted by molar-refractivity contribution is 7.99. The van der Waals surface area contributed by atoms with Crippen molar-refractivity contribution >= 4 is 31.4 Å². The van der Waals surface area contributed by atoms with Crippen molar-refractivity contribution in [2.75, 3.05) is 0 Å². The molecule has 1 aromatic heterocycles. The summed E-state index contributed by atoms with van der Waals surface area (Å²) in [7, 11) is -1.93. The van der Waals surface area contributed by atoms with Crippen LogP contribution in [0.4, 0.5) is 4.39 Å². The standard InChI is InChI=1S/C38H42FNOS2Si/c1-25-9-13-31(14-10-25)37-40-27(3)36(43-37)35(24-28-11-15-29(16-12-28)30-17-19-32(39)20-18-30)42-33-21-22-34(26(2)23-33)41-44(7,8)38(4,5)6/h9-23,35H,24H2,1-8H3. The van der Waals surface area contributed by atoms with Crippen LogP contribution in [-0.4, -0.2) is 13.3 Å². The first kappa shape index (κ1) is 32.2. The van der Waals surface area contributed by atoms with E-state index in [4.69, 9.17) is 9.41 Å². The number of nitrogens with zero attached hydrogens (tertiary/aromatic N) is 1. The lowest BCUT2D eigenvalue weighted by Crippen LogP contribution is -2.44. The summed E-state index contributed by atoms with van der Waals surface area (Å²) in [5.41, 5.74) is 8.01. The number of benzene rings is 4. The molecule has 0 amide bonds. The second-order valence-electron chi connectivity index (χ2n) is 13.1. The molecule has 44 heavy (non-hydrogen) atoms. The minimum absolute atomic E-state index is 0.142. The van der Waals surface area contributed by atoms with Gasteiger partial charge in [0, 0.05) is 20.6 Å². The third-order valence-corrected chi connectivity index (χ3v) is 15.6. The highest BCUT2D eigenvalue weighted by Gasteiger charge is 2.39. The van der Waals surface area contributed by atoms with Crippen LogP contribution in [-0.2, 0) is 6.42 Å². The van der Waals surface area contributed by atoms with Crippen LogP contribution in [0.15, 0.2) is 95.9 Å². The minimum Gasteiger partial charge on any atom is -0.543 e. The highest BCUT2D eigenvalue weighted by Crippen LogP contribution is 2.45. The zero-order valence-electron chi connectivity index (χ0n) is 27.0. The lowest BCUT2D eigenvalue weighted by Gasteiger charge is -2.37. The van der Waals surface area contributed by atoms with Gasteiger partial charge in [0.1, 0.15) is 16.6 Å². The van der Waals surface area contributed by atoms with Crippen LogP contribution in [0.2, 0.25) is 18.1 Å². The molecule has 0 radical (unpaired) electrons. The number of thioether (sulfide) groups is 1. The van der Waals surface area contributed by atoms with Crippen molar-refractivity contribution in [1.29, 1.82) is 0 Å². The third kappa shape index (κ3) is 7.53. The highest BCUT2D eigenvalue weighted by atomic mass is 32.2. The molecule has 5 aromatic rings. The lowest BCUT2D eigenvalue weighted by atomic mass is 10.0. The Balaban J connectivity index is 1.45. The number of aromatic nitrogens is 1. The summed E-state index contributed by atoms with van der Waals surface area (Å²) < 4.78 is 20.1. The Hall–Kier alpha value is -3.19. The molecule has 0 bridgehead atoms. The van der Waals surface area contributed by atoms with E-state index >= 15 is 0 Å². The molecule has 0 aliphatic rings. The molecular weight excluding hydrogens is 598 g/mol. The molecule has 0 saturated heterocycles. The van der Waals surface area contributed by atoms with Crippen LogP contribution in [0.1, 0.15) is 53.3 Å². The van der Waals surface area contributed by atoms with Gasteiger partial charge < -0.3 is 4.43 Å². The van der Waals surface area contributed by atoms with Crippen LogP contribution in [0, 0.1) is 26.6 Å². The Kier molecular flexibility index (Phi) is 9.54. The third-order valence-electron chi connectivity index (χ3n) is 8.57. The maximum atomic E-state index is 13.5. The molecule has 2 nitrogen and oxygen atoms in total. The molecule has 228 valence electrons. The van der Waals surface area contributed by atoms with Crippen LogP contribution >= 0.6 is 23.1 Å². The predicted octanol–water partition coefficient (Wildman–Crippen LogP) is 12.0. The molecule has 4 aromatic carbocycles. The Morgan fingerprint density at radius 2 is 1.41 bits per heavy atom. The fourth-order valence-corrected chi connectivity index (χ4v) is 8.51. The van der Waals surface area contributed by atoms with Gasteiger partial charge in [-0.05, 0) is 97.9 Å². The fraction of sp³-hybridized carbons (Fsp3) is 0.289. The topological polar surface area (TPSA) is 22.1 Å². The molecule has 5 rings (SSSR count). The van der Waals surface area contributed by atoms with Crippen molar-refractivity contribution < 1.29 is 8.82 Å². The van der Waals surface area contributed by atoms with Gasteiger partial charge in [-0.3, -0.25) is 0 Å². The maximum Gasteiger partial charge on any atom is 0.250 e. The van der Waals surface area contributed by atoms with Crippen LogP contribution < -0.4 is 4.43 Å². The number of rotatable bonds is 9. The monoisotopic (exact) mass is 639 g/mol. The van der Waals surface area contributed by atoms with Gasteiger partial charge in [0.25, 0.3) is 0 Å². The predicted molar refractivity (Wildman–Crippen MR) is 190 cm³/mol. The van der Waals surface area contributed by atoms with Crippen LogP contribution in [0.25, 0.3) is 21.7 Å². The number of halogens is 1. The van der Waals surface area contributed by atoms with Crippen molar-refractivity contribution in [3.8, 4) is 27.4 Å². The van der Waals surface area contributed by atoms with Gasteiger partial charge in [0.15, 0.2) is 0 Å². The molecule has 0 aliphatic heterocycles. The first-order valence-corrected chi connectivity index (χ1v) is 19.7. The molecule has 1 heterocycles. The number of hydrogen-bond donors (Lipinski definition) is 0. The minimum atomic E-state index is -1.93. The molecule has 6 heteroatoms. The van der Waals surface area contributed by atoms with E-state index < -0.39 is 8.32 Å².